The van der Waals surface area contributed by atoms with E-state index in [1.165, 1.54) is 6.07 Å². The van der Waals surface area contributed by atoms with Crippen LogP contribution >= 0.6 is 0 Å². The van der Waals surface area contributed by atoms with Crippen molar-refractivity contribution in [2.75, 3.05) is 0 Å². The Kier molecular flexibility index (Phi) is 3.67. The van der Waals surface area contributed by atoms with E-state index in [9.17, 15) is 9.50 Å². The maximum absolute atomic E-state index is 13.1. The summed E-state index contributed by atoms with van der Waals surface area (Å²) in [4.78, 5) is 0. The lowest BCUT2D eigenvalue weighted by Crippen LogP contribution is -2.00. The molecule has 0 heterocycles. The predicted octanol–water partition coefficient (Wildman–Crippen LogP) is 2.58. The summed E-state index contributed by atoms with van der Waals surface area (Å²) in [6.07, 6.45) is -0.348. The lowest BCUT2D eigenvalue weighted by molar-refractivity contribution is 0.182. The molecule has 1 rings (SSSR count). The number of hydrogen-bond acceptors (Lipinski definition) is 1. The molecule has 0 aliphatic carbocycles. The first-order valence-corrected chi connectivity index (χ1v) is 4.49. The highest BCUT2D eigenvalue weighted by atomic mass is 19.1. The van der Waals surface area contributed by atoms with Crippen molar-refractivity contribution in [3.63, 3.8) is 0 Å². The van der Waals surface area contributed by atoms with Gasteiger partial charge in [0.15, 0.2) is 0 Å². The van der Waals surface area contributed by atoms with Gasteiger partial charge in [-0.2, -0.15) is 0 Å². The predicted molar refractivity (Wildman–Crippen MR) is 54.2 cm³/mol. The Morgan fingerprint density at radius 1 is 1.50 bits per heavy atom. The number of rotatable bonds is 2. The summed E-state index contributed by atoms with van der Waals surface area (Å²) in [5.41, 5.74) is 1.12. The van der Waals surface area contributed by atoms with Gasteiger partial charge in [0, 0.05) is 6.42 Å². The quantitative estimate of drug-likeness (QED) is 0.714. The highest BCUT2D eigenvalue weighted by Gasteiger charge is 2.10. The van der Waals surface area contributed by atoms with E-state index in [4.69, 9.17) is 0 Å². The van der Waals surface area contributed by atoms with Gasteiger partial charge in [-0.1, -0.05) is 12.1 Å². The van der Waals surface area contributed by atoms with E-state index in [1.807, 2.05) is 0 Å². The Hall–Kier alpha value is -1.33. The molecule has 1 nitrogen and oxygen atoms in total. The number of benzene rings is 1. The maximum Gasteiger partial charge on any atom is 0.126 e. The van der Waals surface area contributed by atoms with Gasteiger partial charge in [-0.3, -0.25) is 0 Å². The van der Waals surface area contributed by atoms with Crippen LogP contribution in [-0.2, 0) is 0 Å². The summed E-state index contributed by atoms with van der Waals surface area (Å²) < 4.78 is 13.1. The zero-order valence-electron chi connectivity index (χ0n) is 8.34. The second kappa shape index (κ2) is 4.78. The second-order valence-electron chi connectivity index (χ2n) is 3.10. The molecule has 0 spiro atoms. The van der Waals surface area contributed by atoms with E-state index in [0.29, 0.717) is 17.5 Å². The first kappa shape index (κ1) is 10.7. The summed E-state index contributed by atoms with van der Waals surface area (Å²) in [7, 11) is 0. The lowest BCUT2D eigenvalue weighted by Gasteiger charge is -2.11. The van der Waals surface area contributed by atoms with Crippen molar-refractivity contribution in [1.82, 2.24) is 0 Å². The molecule has 0 saturated heterocycles. The topological polar surface area (TPSA) is 20.2 Å². The molecular formula is C12H13FO. The Morgan fingerprint density at radius 3 is 2.86 bits per heavy atom. The second-order valence-corrected chi connectivity index (χ2v) is 3.10. The molecule has 0 fully saturated rings. The molecular weight excluding hydrogens is 179 g/mol. The molecule has 1 aromatic rings. The number of halogens is 1. The fraction of sp³-hybridized carbons (Fsp3) is 0.333. The Morgan fingerprint density at radius 2 is 2.21 bits per heavy atom. The lowest BCUT2D eigenvalue weighted by atomic mass is 10.0. The molecule has 1 unspecified atom stereocenters. The van der Waals surface area contributed by atoms with Crippen LogP contribution in [0.15, 0.2) is 18.2 Å². The third-order valence-corrected chi connectivity index (χ3v) is 2.14. The van der Waals surface area contributed by atoms with Gasteiger partial charge in [-0.15, -0.1) is 11.8 Å². The first-order valence-electron chi connectivity index (χ1n) is 4.49. The molecule has 1 atom stereocenters. The number of aliphatic hydroxyl groups is 1. The first-order chi connectivity index (χ1) is 6.66. The van der Waals surface area contributed by atoms with E-state index in [0.717, 1.165) is 0 Å². The van der Waals surface area contributed by atoms with Gasteiger partial charge in [-0.05, 0) is 31.0 Å². The van der Waals surface area contributed by atoms with Crippen molar-refractivity contribution in [2.24, 2.45) is 0 Å². The Bertz CT molecular complexity index is 374. The normalized spacial score (nSPS) is 11.7. The average molecular weight is 192 g/mol. The van der Waals surface area contributed by atoms with E-state index in [2.05, 4.69) is 11.8 Å². The summed E-state index contributed by atoms with van der Waals surface area (Å²) in [6, 6.07) is 4.71. The molecule has 0 bridgehead atoms. The van der Waals surface area contributed by atoms with Crippen LogP contribution in [0.2, 0.25) is 0 Å². The fourth-order valence-corrected chi connectivity index (χ4v) is 1.29. The fourth-order valence-electron chi connectivity index (χ4n) is 1.29. The van der Waals surface area contributed by atoms with Crippen molar-refractivity contribution >= 4 is 0 Å². The SMILES string of the molecule is CC#CCC(O)c1cccc(F)c1C. The van der Waals surface area contributed by atoms with Crippen LogP contribution < -0.4 is 0 Å². The van der Waals surface area contributed by atoms with Gasteiger partial charge in [0.05, 0.1) is 6.10 Å². The van der Waals surface area contributed by atoms with Crippen LogP contribution in [0, 0.1) is 24.6 Å². The van der Waals surface area contributed by atoms with Crippen LogP contribution in [-0.4, -0.2) is 5.11 Å². The minimum atomic E-state index is -0.696. The number of aliphatic hydroxyl groups excluding tert-OH is 1. The van der Waals surface area contributed by atoms with Crippen molar-refractivity contribution in [2.45, 2.75) is 26.4 Å². The van der Waals surface area contributed by atoms with Gasteiger partial charge < -0.3 is 5.11 Å². The van der Waals surface area contributed by atoms with Crippen molar-refractivity contribution < 1.29 is 9.50 Å². The molecule has 2 heteroatoms. The van der Waals surface area contributed by atoms with Gasteiger partial charge in [-0.25, -0.2) is 4.39 Å². The third kappa shape index (κ3) is 2.34. The molecule has 0 saturated carbocycles. The largest absolute Gasteiger partial charge is 0.387 e. The van der Waals surface area contributed by atoms with E-state index < -0.39 is 6.10 Å². The molecule has 1 aromatic carbocycles. The van der Waals surface area contributed by atoms with Crippen LogP contribution in [0.3, 0.4) is 0 Å². The zero-order valence-corrected chi connectivity index (χ0v) is 8.34. The summed E-state index contributed by atoms with van der Waals surface area (Å²) >= 11 is 0. The molecule has 1 N–H and O–H groups in total. The van der Waals surface area contributed by atoms with Crippen LogP contribution in [0.25, 0.3) is 0 Å². The van der Waals surface area contributed by atoms with Crippen LogP contribution in [0.1, 0.15) is 30.6 Å². The molecule has 0 aromatic heterocycles. The molecule has 0 amide bonds. The van der Waals surface area contributed by atoms with E-state index in [-0.39, 0.29) is 5.82 Å². The molecule has 14 heavy (non-hydrogen) atoms. The average Bonchev–Trinajstić information content (AvgIpc) is 2.18. The molecule has 0 radical (unpaired) electrons. The maximum atomic E-state index is 13.1. The smallest absolute Gasteiger partial charge is 0.126 e. The van der Waals surface area contributed by atoms with E-state index >= 15 is 0 Å². The highest BCUT2D eigenvalue weighted by Crippen LogP contribution is 2.21. The molecule has 74 valence electrons. The van der Waals surface area contributed by atoms with Crippen molar-refractivity contribution in [1.29, 1.82) is 0 Å². The van der Waals surface area contributed by atoms with Crippen LogP contribution in [0.4, 0.5) is 4.39 Å². The van der Waals surface area contributed by atoms with Gasteiger partial charge in [0.25, 0.3) is 0 Å². The zero-order chi connectivity index (χ0) is 10.6. The highest BCUT2D eigenvalue weighted by molar-refractivity contribution is 5.29. The van der Waals surface area contributed by atoms with Gasteiger partial charge >= 0.3 is 0 Å². The Balaban J connectivity index is 2.93. The monoisotopic (exact) mass is 192 g/mol. The van der Waals surface area contributed by atoms with Gasteiger partial charge in [0.2, 0.25) is 0 Å². The van der Waals surface area contributed by atoms with Crippen LogP contribution in [0.5, 0.6) is 0 Å². The molecule has 0 aliphatic heterocycles. The van der Waals surface area contributed by atoms with Crippen molar-refractivity contribution in [3.05, 3.63) is 35.1 Å². The minimum absolute atomic E-state index is 0.286. The summed E-state index contributed by atoms with van der Waals surface area (Å²) in [5.74, 6) is 5.18. The van der Waals surface area contributed by atoms with Crippen molar-refractivity contribution in [3.8, 4) is 11.8 Å². The summed E-state index contributed by atoms with van der Waals surface area (Å²) in [5, 5.41) is 9.69. The summed E-state index contributed by atoms with van der Waals surface area (Å²) in [6.45, 7) is 3.37. The standard InChI is InChI=1S/C12H13FO/c1-3-4-8-12(14)10-6-5-7-11(13)9(10)2/h5-7,12,14H,8H2,1-2H3. The Labute approximate surface area is 83.6 Å². The minimum Gasteiger partial charge on any atom is -0.387 e. The van der Waals surface area contributed by atoms with Gasteiger partial charge in [0.1, 0.15) is 5.82 Å². The third-order valence-electron chi connectivity index (χ3n) is 2.14. The number of hydrogen-bond donors (Lipinski definition) is 1. The molecule has 0 aliphatic rings. The van der Waals surface area contributed by atoms with E-state index in [1.54, 1.807) is 26.0 Å².